The van der Waals surface area contributed by atoms with Crippen LogP contribution in [0.15, 0.2) is 18.2 Å². The fourth-order valence-corrected chi connectivity index (χ4v) is 1.16. The van der Waals surface area contributed by atoms with Gasteiger partial charge in [0.1, 0.15) is 11.9 Å². The highest BCUT2D eigenvalue weighted by molar-refractivity contribution is 5.38. The summed E-state index contributed by atoms with van der Waals surface area (Å²) in [7, 11) is 0. The molecular weight excluding hydrogens is 174 g/mol. The number of rotatable bonds is 3. The van der Waals surface area contributed by atoms with E-state index in [1.54, 1.807) is 0 Å². The van der Waals surface area contributed by atoms with Crippen molar-refractivity contribution in [2.45, 2.75) is 39.8 Å². The van der Waals surface area contributed by atoms with Crippen LogP contribution in [0.25, 0.3) is 0 Å². The van der Waals surface area contributed by atoms with Crippen LogP contribution in [0, 0.1) is 13.8 Å². The van der Waals surface area contributed by atoms with Crippen molar-refractivity contribution in [2.24, 2.45) is 5.73 Å². The molecule has 0 spiro atoms. The third kappa shape index (κ3) is 2.48. The predicted octanol–water partition coefficient (Wildman–Crippen LogP) is 2.42. The highest BCUT2D eigenvalue weighted by atomic mass is 16.5. The van der Waals surface area contributed by atoms with Crippen LogP contribution in [0.3, 0.4) is 0 Å². The summed E-state index contributed by atoms with van der Waals surface area (Å²) in [6.45, 7) is 8.10. The van der Waals surface area contributed by atoms with E-state index in [-0.39, 0.29) is 12.1 Å². The van der Waals surface area contributed by atoms with E-state index in [0.29, 0.717) is 0 Å². The van der Waals surface area contributed by atoms with Gasteiger partial charge in [0.15, 0.2) is 0 Å². The average molecular weight is 193 g/mol. The SMILES string of the molecule is Cc1cccc(OC(C)[C@H](C)N)c1C. The van der Waals surface area contributed by atoms with Crippen molar-refractivity contribution in [1.29, 1.82) is 0 Å². The average Bonchev–Trinajstić information content (AvgIpc) is 2.12. The van der Waals surface area contributed by atoms with Crippen LogP contribution in [-0.4, -0.2) is 12.1 Å². The van der Waals surface area contributed by atoms with E-state index in [1.165, 1.54) is 11.1 Å². The lowest BCUT2D eigenvalue weighted by molar-refractivity contribution is 0.195. The molecule has 2 atom stereocenters. The maximum Gasteiger partial charge on any atom is 0.122 e. The zero-order valence-electron chi connectivity index (χ0n) is 9.37. The van der Waals surface area contributed by atoms with E-state index in [2.05, 4.69) is 19.9 Å². The van der Waals surface area contributed by atoms with Gasteiger partial charge >= 0.3 is 0 Å². The van der Waals surface area contributed by atoms with Crippen molar-refractivity contribution < 1.29 is 4.74 Å². The Morgan fingerprint density at radius 3 is 2.43 bits per heavy atom. The Morgan fingerprint density at radius 2 is 1.86 bits per heavy atom. The molecule has 1 aromatic carbocycles. The lowest BCUT2D eigenvalue weighted by atomic mass is 10.1. The number of aryl methyl sites for hydroxylation is 1. The van der Waals surface area contributed by atoms with Gasteiger partial charge in [0.05, 0.1) is 0 Å². The minimum atomic E-state index is 0.0508. The highest BCUT2D eigenvalue weighted by Crippen LogP contribution is 2.21. The third-order valence-corrected chi connectivity index (χ3v) is 2.61. The fraction of sp³-hybridized carbons (Fsp3) is 0.500. The summed E-state index contributed by atoms with van der Waals surface area (Å²) in [6, 6.07) is 6.13. The second-order valence-electron chi connectivity index (χ2n) is 3.88. The van der Waals surface area contributed by atoms with Gasteiger partial charge in [0.25, 0.3) is 0 Å². The Labute approximate surface area is 86.1 Å². The largest absolute Gasteiger partial charge is 0.489 e. The van der Waals surface area contributed by atoms with Crippen molar-refractivity contribution in [3.8, 4) is 5.75 Å². The van der Waals surface area contributed by atoms with Crippen LogP contribution in [0.4, 0.5) is 0 Å². The van der Waals surface area contributed by atoms with Crippen LogP contribution >= 0.6 is 0 Å². The van der Waals surface area contributed by atoms with Crippen LogP contribution in [0.5, 0.6) is 5.75 Å². The molecule has 0 amide bonds. The monoisotopic (exact) mass is 193 g/mol. The predicted molar refractivity (Wildman–Crippen MR) is 59.7 cm³/mol. The lowest BCUT2D eigenvalue weighted by Crippen LogP contribution is -2.33. The van der Waals surface area contributed by atoms with E-state index >= 15 is 0 Å². The molecule has 0 fully saturated rings. The maximum absolute atomic E-state index is 5.76. The minimum absolute atomic E-state index is 0.0508. The zero-order chi connectivity index (χ0) is 10.7. The molecule has 2 N–H and O–H groups in total. The molecule has 78 valence electrons. The van der Waals surface area contributed by atoms with Gasteiger partial charge < -0.3 is 10.5 Å². The van der Waals surface area contributed by atoms with Crippen molar-refractivity contribution >= 4 is 0 Å². The van der Waals surface area contributed by atoms with Gasteiger partial charge in [-0.15, -0.1) is 0 Å². The second kappa shape index (κ2) is 4.47. The third-order valence-electron chi connectivity index (χ3n) is 2.61. The van der Waals surface area contributed by atoms with E-state index in [9.17, 15) is 0 Å². The van der Waals surface area contributed by atoms with E-state index < -0.39 is 0 Å². The van der Waals surface area contributed by atoms with Crippen molar-refractivity contribution in [1.82, 2.24) is 0 Å². The summed E-state index contributed by atoms with van der Waals surface area (Å²) in [6.07, 6.45) is 0.0514. The Kier molecular flexibility index (Phi) is 3.53. The Hall–Kier alpha value is -1.02. The quantitative estimate of drug-likeness (QED) is 0.800. The smallest absolute Gasteiger partial charge is 0.122 e. The van der Waals surface area contributed by atoms with Crippen LogP contribution < -0.4 is 10.5 Å². The topological polar surface area (TPSA) is 35.2 Å². The van der Waals surface area contributed by atoms with Crippen molar-refractivity contribution in [3.63, 3.8) is 0 Å². The van der Waals surface area contributed by atoms with Gasteiger partial charge in [-0.3, -0.25) is 0 Å². The number of benzene rings is 1. The molecule has 2 nitrogen and oxygen atoms in total. The molecule has 2 heteroatoms. The van der Waals surface area contributed by atoms with Gasteiger partial charge in [0.2, 0.25) is 0 Å². The number of nitrogens with two attached hydrogens (primary N) is 1. The van der Waals surface area contributed by atoms with Crippen LogP contribution in [-0.2, 0) is 0 Å². The fourth-order valence-electron chi connectivity index (χ4n) is 1.16. The Bertz CT molecular complexity index is 307. The highest BCUT2D eigenvalue weighted by Gasteiger charge is 2.10. The summed E-state index contributed by atoms with van der Waals surface area (Å²) in [5.74, 6) is 0.940. The molecule has 0 aliphatic rings. The summed E-state index contributed by atoms with van der Waals surface area (Å²) in [4.78, 5) is 0. The molecule has 0 saturated heterocycles. The Morgan fingerprint density at radius 1 is 1.21 bits per heavy atom. The molecule has 0 radical (unpaired) electrons. The van der Waals surface area contributed by atoms with Gasteiger partial charge in [-0.1, -0.05) is 12.1 Å². The molecule has 0 heterocycles. The van der Waals surface area contributed by atoms with E-state index in [4.69, 9.17) is 10.5 Å². The molecule has 1 unspecified atom stereocenters. The maximum atomic E-state index is 5.76. The van der Waals surface area contributed by atoms with Crippen LogP contribution in [0.2, 0.25) is 0 Å². The first-order valence-corrected chi connectivity index (χ1v) is 5.01. The number of hydrogen-bond donors (Lipinski definition) is 1. The molecule has 0 aliphatic carbocycles. The molecule has 1 aromatic rings. The van der Waals surface area contributed by atoms with Gasteiger partial charge in [-0.05, 0) is 44.9 Å². The first-order chi connectivity index (χ1) is 6.52. The van der Waals surface area contributed by atoms with E-state index in [0.717, 1.165) is 5.75 Å². The van der Waals surface area contributed by atoms with Crippen molar-refractivity contribution in [2.75, 3.05) is 0 Å². The van der Waals surface area contributed by atoms with Gasteiger partial charge in [-0.25, -0.2) is 0 Å². The minimum Gasteiger partial charge on any atom is -0.489 e. The molecule has 0 saturated carbocycles. The summed E-state index contributed by atoms with van der Waals surface area (Å²) in [5.41, 5.74) is 8.19. The molecule has 0 bridgehead atoms. The second-order valence-corrected chi connectivity index (χ2v) is 3.88. The summed E-state index contributed by atoms with van der Waals surface area (Å²) in [5, 5.41) is 0. The van der Waals surface area contributed by atoms with Crippen LogP contribution in [0.1, 0.15) is 25.0 Å². The van der Waals surface area contributed by atoms with Gasteiger partial charge in [0, 0.05) is 6.04 Å². The first kappa shape index (κ1) is 11.1. The molecule has 1 rings (SSSR count). The Balaban J connectivity index is 2.82. The number of hydrogen-bond acceptors (Lipinski definition) is 2. The molecule has 14 heavy (non-hydrogen) atoms. The summed E-state index contributed by atoms with van der Waals surface area (Å²) < 4.78 is 5.76. The van der Waals surface area contributed by atoms with E-state index in [1.807, 2.05) is 26.0 Å². The number of ether oxygens (including phenoxy) is 1. The molecular formula is C12H19NO. The van der Waals surface area contributed by atoms with Gasteiger partial charge in [-0.2, -0.15) is 0 Å². The standard InChI is InChI=1S/C12H19NO/c1-8-6-5-7-12(9(8)2)14-11(4)10(3)13/h5-7,10-11H,13H2,1-4H3/t10-,11?/m0/s1. The lowest BCUT2D eigenvalue weighted by Gasteiger charge is -2.19. The normalized spacial score (nSPS) is 14.9. The van der Waals surface area contributed by atoms with Crippen molar-refractivity contribution in [3.05, 3.63) is 29.3 Å². The first-order valence-electron chi connectivity index (χ1n) is 5.01. The molecule has 0 aliphatic heterocycles. The zero-order valence-corrected chi connectivity index (χ0v) is 9.37. The summed E-state index contributed by atoms with van der Waals surface area (Å²) >= 11 is 0. The molecule has 0 aromatic heterocycles.